The van der Waals surface area contributed by atoms with Gasteiger partial charge in [0.15, 0.2) is 0 Å². The van der Waals surface area contributed by atoms with Gasteiger partial charge in [-0.25, -0.2) is 5.43 Å². The van der Waals surface area contributed by atoms with E-state index in [0.717, 1.165) is 5.56 Å². The molecule has 0 spiro atoms. The van der Waals surface area contributed by atoms with Gasteiger partial charge in [-0.3, -0.25) is 4.79 Å². The number of nitrogens with zero attached hydrogens (tertiary/aromatic N) is 2. The Labute approximate surface area is 121 Å². The average Bonchev–Trinajstić information content (AvgIpc) is 2.48. The SMILES string of the molecule is N#Cc1ccc(/C=N\NC(=O)c2ccc(Cl)cc2)cc1. The van der Waals surface area contributed by atoms with Gasteiger partial charge in [-0.2, -0.15) is 10.4 Å². The largest absolute Gasteiger partial charge is 0.271 e. The van der Waals surface area contributed by atoms with E-state index in [4.69, 9.17) is 16.9 Å². The maximum atomic E-state index is 11.7. The van der Waals surface area contributed by atoms with Crippen LogP contribution in [0.2, 0.25) is 5.02 Å². The van der Waals surface area contributed by atoms with Crippen LogP contribution in [0.4, 0.5) is 0 Å². The number of nitrogens with one attached hydrogen (secondary N) is 1. The van der Waals surface area contributed by atoms with Gasteiger partial charge in [-0.1, -0.05) is 23.7 Å². The summed E-state index contributed by atoms with van der Waals surface area (Å²) < 4.78 is 0. The summed E-state index contributed by atoms with van der Waals surface area (Å²) in [5.74, 6) is -0.313. The van der Waals surface area contributed by atoms with Crippen molar-refractivity contribution in [3.63, 3.8) is 0 Å². The second kappa shape index (κ2) is 6.50. The zero-order valence-electron chi connectivity index (χ0n) is 10.4. The lowest BCUT2D eigenvalue weighted by Crippen LogP contribution is -2.17. The summed E-state index contributed by atoms with van der Waals surface area (Å²) in [7, 11) is 0. The second-order valence-electron chi connectivity index (χ2n) is 3.94. The number of hydrogen-bond donors (Lipinski definition) is 1. The first kappa shape index (κ1) is 13.8. The van der Waals surface area contributed by atoms with Crippen LogP contribution in [0.1, 0.15) is 21.5 Å². The van der Waals surface area contributed by atoms with E-state index in [0.29, 0.717) is 16.1 Å². The number of amides is 1. The van der Waals surface area contributed by atoms with Gasteiger partial charge in [0.25, 0.3) is 5.91 Å². The molecule has 0 aliphatic heterocycles. The molecule has 0 saturated heterocycles. The molecule has 98 valence electrons. The van der Waals surface area contributed by atoms with E-state index in [1.165, 1.54) is 6.21 Å². The molecule has 1 amide bonds. The van der Waals surface area contributed by atoms with Crippen LogP contribution >= 0.6 is 11.6 Å². The quantitative estimate of drug-likeness (QED) is 0.695. The molecule has 0 atom stereocenters. The number of carbonyl (C=O) groups excluding carboxylic acids is 1. The highest BCUT2D eigenvalue weighted by atomic mass is 35.5. The molecule has 0 saturated carbocycles. The van der Waals surface area contributed by atoms with E-state index in [2.05, 4.69) is 10.5 Å². The monoisotopic (exact) mass is 283 g/mol. The molecule has 20 heavy (non-hydrogen) atoms. The standard InChI is InChI=1S/C15H10ClN3O/c16-14-7-5-13(6-8-14)15(20)19-18-10-12-3-1-11(9-17)2-4-12/h1-8,10H,(H,19,20)/b18-10-. The predicted octanol–water partition coefficient (Wildman–Crippen LogP) is 2.98. The van der Waals surface area contributed by atoms with E-state index in [1.54, 1.807) is 48.5 Å². The molecule has 0 bridgehead atoms. The van der Waals surface area contributed by atoms with Gasteiger partial charge in [-0.05, 0) is 42.0 Å². The van der Waals surface area contributed by atoms with Gasteiger partial charge in [0.1, 0.15) is 0 Å². The Bertz CT molecular complexity index is 670. The van der Waals surface area contributed by atoms with Gasteiger partial charge in [0.05, 0.1) is 17.8 Å². The van der Waals surface area contributed by atoms with Crippen LogP contribution in [0.25, 0.3) is 0 Å². The fraction of sp³-hybridized carbons (Fsp3) is 0. The minimum absolute atomic E-state index is 0.313. The highest BCUT2D eigenvalue weighted by molar-refractivity contribution is 6.30. The fourth-order valence-corrected chi connectivity index (χ4v) is 1.60. The number of hydrazone groups is 1. The minimum atomic E-state index is -0.313. The second-order valence-corrected chi connectivity index (χ2v) is 4.38. The first-order valence-electron chi connectivity index (χ1n) is 5.78. The van der Waals surface area contributed by atoms with Crippen LogP contribution in [0, 0.1) is 11.3 Å². The van der Waals surface area contributed by atoms with Crippen molar-refractivity contribution in [1.82, 2.24) is 5.43 Å². The van der Waals surface area contributed by atoms with Gasteiger partial charge < -0.3 is 0 Å². The average molecular weight is 284 g/mol. The first-order chi connectivity index (χ1) is 9.69. The van der Waals surface area contributed by atoms with Crippen molar-refractivity contribution in [2.24, 2.45) is 5.10 Å². The maximum absolute atomic E-state index is 11.7. The van der Waals surface area contributed by atoms with E-state index in [1.807, 2.05) is 6.07 Å². The molecule has 5 heteroatoms. The number of carbonyl (C=O) groups is 1. The molecule has 2 aromatic carbocycles. The Hall–Kier alpha value is -2.64. The summed E-state index contributed by atoms with van der Waals surface area (Å²) in [6.07, 6.45) is 1.51. The summed E-state index contributed by atoms with van der Waals surface area (Å²) >= 11 is 5.74. The van der Waals surface area contributed by atoms with Crippen molar-refractivity contribution in [3.05, 3.63) is 70.2 Å². The summed E-state index contributed by atoms with van der Waals surface area (Å²) in [6.45, 7) is 0. The molecule has 0 aliphatic rings. The van der Waals surface area contributed by atoms with E-state index < -0.39 is 0 Å². The molecular formula is C15H10ClN3O. The Balaban J connectivity index is 1.97. The predicted molar refractivity (Wildman–Crippen MR) is 77.7 cm³/mol. The van der Waals surface area contributed by atoms with Crippen LogP contribution in [-0.2, 0) is 0 Å². The molecule has 0 aliphatic carbocycles. The van der Waals surface area contributed by atoms with Gasteiger partial charge in [0.2, 0.25) is 0 Å². The first-order valence-corrected chi connectivity index (χ1v) is 6.16. The Morgan fingerprint density at radius 2 is 1.80 bits per heavy atom. The number of hydrogen-bond acceptors (Lipinski definition) is 3. The third kappa shape index (κ3) is 3.67. The lowest BCUT2D eigenvalue weighted by atomic mass is 10.2. The van der Waals surface area contributed by atoms with Crippen LogP contribution in [0.5, 0.6) is 0 Å². The van der Waals surface area contributed by atoms with Crippen molar-refractivity contribution in [1.29, 1.82) is 5.26 Å². The molecule has 2 aromatic rings. The molecule has 0 heterocycles. The molecule has 2 rings (SSSR count). The smallest absolute Gasteiger partial charge is 0.267 e. The van der Waals surface area contributed by atoms with Crippen LogP contribution in [-0.4, -0.2) is 12.1 Å². The lowest BCUT2D eigenvalue weighted by Gasteiger charge is -1.99. The summed E-state index contributed by atoms with van der Waals surface area (Å²) in [4.78, 5) is 11.7. The Kier molecular flexibility index (Phi) is 4.48. The number of nitriles is 1. The van der Waals surface area contributed by atoms with Crippen LogP contribution < -0.4 is 5.43 Å². The molecule has 0 radical (unpaired) electrons. The van der Waals surface area contributed by atoms with Crippen molar-refractivity contribution in [2.45, 2.75) is 0 Å². The van der Waals surface area contributed by atoms with Crippen molar-refractivity contribution >= 4 is 23.7 Å². The zero-order chi connectivity index (χ0) is 14.4. The van der Waals surface area contributed by atoms with Crippen LogP contribution in [0.3, 0.4) is 0 Å². The number of rotatable bonds is 3. The Morgan fingerprint density at radius 3 is 2.40 bits per heavy atom. The fourth-order valence-electron chi connectivity index (χ4n) is 1.47. The lowest BCUT2D eigenvalue weighted by molar-refractivity contribution is 0.0955. The highest BCUT2D eigenvalue weighted by Gasteiger charge is 2.02. The van der Waals surface area contributed by atoms with Crippen molar-refractivity contribution in [2.75, 3.05) is 0 Å². The summed E-state index contributed by atoms with van der Waals surface area (Å²) in [6, 6.07) is 15.4. The van der Waals surface area contributed by atoms with Crippen molar-refractivity contribution < 1.29 is 4.79 Å². The van der Waals surface area contributed by atoms with E-state index in [-0.39, 0.29) is 5.91 Å². The number of halogens is 1. The Morgan fingerprint density at radius 1 is 1.15 bits per heavy atom. The topological polar surface area (TPSA) is 65.2 Å². The van der Waals surface area contributed by atoms with Crippen LogP contribution in [0.15, 0.2) is 53.6 Å². The molecule has 0 unspecified atom stereocenters. The van der Waals surface area contributed by atoms with Gasteiger partial charge >= 0.3 is 0 Å². The number of benzene rings is 2. The third-order valence-corrected chi connectivity index (χ3v) is 2.78. The molecule has 4 nitrogen and oxygen atoms in total. The maximum Gasteiger partial charge on any atom is 0.271 e. The third-order valence-electron chi connectivity index (χ3n) is 2.53. The normalized spacial score (nSPS) is 10.2. The van der Waals surface area contributed by atoms with Gasteiger partial charge in [-0.15, -0.1) is 0 Å². The summed E-state index contributed by atoms with van der Waals surface area (Å²) in [5.41, 5.74) is 4.26. The molecular weight excluding hydrogens is 274 g/mol. The molecule has 0 aromatic heterocycles. The summed E-state index contributed by atoms with van der Waals surface area (Å²) in [5, 5.41) is 13.1. The van der Waals surface area contributed by atoms with E-state index >= 15 is 0 Å². The highest BCUT2D eigenvalue weighted by Crippen LogP contribution is 2.09. The van der Waals surface area contributed by atoms with Gasteiger partial charge in [0, 0.05) is 10.6 Å². The van der Waals surface area contributed by atoms with Crippen molar-refractivity contribution in [3.8, 4) is 6.07 Å². The van der Waals surface area contributed by atoms with E-state index in [9.17, 15) is 4.79 Å². The molecule has 0 fully saturated rings. The zero-order valence-corrected chi connectivity index (χ0v) is 11.1. The minimum Gasteiger partial charge on any atom is -0.267 e. The molecule has 1 N–H and O–H groups in total.